The molecule has 3 rings (SSSR count). The molecule has 3 nitrogen and oxygen atoms in total. The van der Waals surface area contributed by atoms with E-state index in [-0.39, 0.29) is 42.1 Å². The highest BCUT2D eigenvalue weighted by atomic mass is 19.4. The second kappa shape index (κ2) is 12.8. The SMILES string of the molecule is C=C1/C(=C\C=C2/CCC[C@]3(C)[C@@H]([C@@H](C/C=C\C(O)(C(F)(F)F)C(F)(F)F)CCCC(C)(C)O)CC[C@@H]23)C[C@@H](O)C[C@@H]1F. The van der Waals surface area contributed by atoms with Gasteiger partial charge in [-0.2, -0.15) is 26.3 Å². The van der Waals surface area contributed by atoms with Crippen molar-refractivity contribution < 1.29 is 46.1 Å². The molecule has 0 aromatic heterocycles. The normalized spacial score (nSPS) is 32.6. The van der Waals surface area contributed by atoms with E-state index in [0.717, 1.165) is 38.2 Å². The second-order valence-electron chi connectivity index (χ2n) is 13.5. The number of fused-ring (bicyclic) bond motifs is 1. The third-order valence-corrected chi connectivity index (χ3v) is 9.86. The molecule has 42 heavy (non-hydrogen) atoms. The number of aliphatic hydroxyl groups excluding tert-OH is 1. The summed E-state index contributed by atoms with van der Waals surface area (Å²) in [5, 5.41) is 29.8. The zero-order chi connectivity index (χ0) is 31.7. The number of allylic oxidation sites excluding steroid dienone is 5. The first-order valence-electron chi connectivity index (χ1n) is 14.9. The maximum Gasteiger partial charge on any atom is 0.429 e. The minimum atomic E-state index is -5.91. The highest BCUT2D eigenvalue weighted by Crippen LogP contribution is 2.60. The van der Waals surface area contributed by atoms with Gasteiger partial charge in [-0.15, -0.1) is 0 Å². The van der Waals surface area contributed by atoms with Gasteiger partial charge in [-0.05, 0) is 112 Å². The molecule has 3 fully saturated rings. The van der Waals surface area contributed by atoms with Gasteiger partial charge in [-0.1, -0.05) is 43.7 Å². The fourth-order valence-corrected chi connectivity index (χ4v) is 7.53. The first kappa shape index (κ1) is 34.8. The van der Waals surface area contributed by atoms with Gasteiger partial charge in [-0.25, -0.2) is 4.39 Å². The van der Waals surface area contributed by atoms with Gasteiger partial charge in [0.15, 0.2) is 0 Å². The smallest absolute Gasteiger partial charge is 0.393 e. The van der Waals surface area contributed by atoms with Gasteiger partial charge in [0.05, 0.1) is 11.7 Å². The van der Waals surface area contributed by atoms with Crippen molar-refractivity contribution in [3.63, 3.8) is 0 Å². The van der Waals surface area contributed by atoms with E-state index in [1.165, 1.54) is 5.57 Å². The number of hydrogen-bond acceptors (Lipinski definition) is 3. The van der Waals surface area contributed by atoms with Gasteiger partial charge in [0.25, 0.3) is 5.60 Å². The first-order chi connectivity index (χ1) is 19.2. The van der Waals surface area contributed by atoms with Crippen LogP contribution < -0.4 is 0 Å². The van der Waals surface area contributed by atoms with Gasteiger partial charge in [-0.3, -0.25) is 0 Å². The molecular formula is C32H45F7O3. The van der Waals surface area contributed by atoms with E-state index in [4.69, 9.17) is 0 Å². The fraction of sp³-hybridized carbons (Fsp3) is 0.750. The Bertz CT molecular complexity index is 1040. The number of aliphatic hydroxyl groups is 3. The van der Waals surface area contributed by atoms with E-state index in [1.54, 1.807) is 13.8 Å². The lowest BCUT2D eigenvalue weighted by atomic mass is 9.60. The Balaban J connectivity index is 1.87. The largest absolute Gasteiger partial charge is 0.429 e. The molecule has 0 aromatic rings. The first-order valence-corrected chi connectivity index (χ1v) is 14.9. The van der Waals surface area contributed by atoms with E-state index in [1.807, 2.05) is 12.2 Å². The summed E-state index contributed by atoms with van der Waals surface area (Å²) in [6, 6.07) is 0. The number of hydrogen-bond donors (Lipinski definition) is 3. The van der Waals surface area contributed by atoms with Crippen LogP contribution in [0.5, 0.6) is 0 Å². The van der Waals surface area contributed by atoms with Crippen LogP contribution in [-0.4, -0.2) is 51.1 Å². The standard InChI is InChI=1S/C32H45F7O3/c1-20-23(18-24(40)19-27(20)33)12-11-22-9-6-16-29(4)25(13-14-26(22)29)21(8-5-15-28(2,3)41)10-7-17-30(42,31(34,35)36)32(37,38)39/h7,11-12,17,21,24-27,40-42H,1,5-6,8-10,13-16,18-19H2,2-4H3/b17-7-,22-11+,23-12-/t21-,24-,25-,26+,27+,29-/m1/s1. The summed E-state index contributed by atoms with van der Waals surface area (Å²) in [4.78, 5) is 0. The van der Waals surface area contributed by atoms with E-state index < -0.39 is 35.8 Å². The summed E-state index contributed by atoms with van der Waals surface area (Å²) in [6.07, 6.45) is -3.52. The van der Waals surface area contributed by atoms with E-state index >= 15 is 0 Å². The van der Waals surface area contributed by atoms with E-state index in [9.17, 15) is 46.1 Å². The van der Waals surface area contributed by atoms with Gasteiger partial charge < -0.3 is 15.3 Å². The van der Waals surface area contributed by atoms with Crippen LogP contribution >= 0.6 is 0 Å². The molecule has 0 spiro atoms. The van der Waals surface area contributed by atoms with Crippen molar-refractivity contribution in [1.82, 2.24) is 0 Å². The molecule has 0 bridgehead atoms. The summed E-state index contributed by atoms with van der Waals surface area (Å²) in [5.41, 5.74) is -3.91. The van der Waals surface area contributed by atoms with Crippen molar-refractivity contribution in [3.05, 3.63) is 47.6 Å². The van der Waals surface area contributed by atoms with Gasteiger partial charge in [0.2, 0.25) is 0 Å². The lowest BCUT2D eigenvalue weighted by Gasteiger charge is -2.45. The Kier molecular flexibility index (Phi) is 10.6. The predicted octanol–water partition coefficient (Wildman–Crippen LogP) is 8.46. The number of halogens is 7. The minimum Gasteiger partial charge on any atom is -0.393 e. The van der Waals surface area contributed by atoms with E-state index in [2.05, 4.69) is 13.5 Å². The summed E-state index contributed by atoms with van der Waals surface area (Å²) < 4.78 is 93.8. The Labute approximate surface area is 244 Å². The highest BCUT2D eigenvalue weighted by Gasteiger charge is 2.69. The summed E-state index contributed by atoms with van der Waals surface area (Å²) in [5.74, 6) is -0.0847. The predicted molar refractivity (Wildman–Crippen MR) is 148 cm³/mol. The van der Waals surface area contributed by atoms with Crippen LogP contribution in [0.3, 0.4) is 0 Å². The second-order valence-corrected chi connectivity index (χ2v) is 13.5. The molecular weight excluding hydrogens is 565 g/mol. The molecule has 240 valence electrons. The minimum absolute atomic E-state index is 0.0110. The molecule has 0 heterocycles. The third-order valence-electron chi connectivity index (χ3n) is 9.86. The molecule has 0 aliphatic heterocycles. The van der Waals surface area contributed by atoms with Crippen molar-refractivity contribution >= 4 is 0 Å². The molecule has 0 unspecified atom stereocenters. The molecule has 0 radical (unpaired) electrons. The average molecular weight is 611 g/mol. The van der Waals surface area contributed by atoms with Crippen LogP contribution in [0.4, 0.5) is 30.7 Å². The van der Waals surface area contributed by atoms with E-state index in [0.29, 0.717) is 36.8 Å². The molecule has 0 amide bonds. The Morgan fingerprint density at radius 2 is 1.69 bits per heavy atom. The lowest BCUT2D eigenvalue weighted by molar-refractivity contribution is -0.347. The molecule has 3 N–H and O–H groups in total. The summed E-state index contributed by atoms with van der Waals surface area (Å²) in [6.45, 7) is 9.29. The van der Waals surface area contributed by atoms with Crippen molar-refractivity contribution in [2.24, 2.45) is 23.2 Å². The molecule has 10 heteroatoms. The van der Waals surface area contributed by atoms with Crippen molar-refractivity contribution in [1.29, 1.82) is 0 Å². The van der Waals surface area contributed by atoms with Gasteiger partial charge in [0.1, 0.15) is 6.17 Å². The summed E-state index contributed by atoms with van der Waals surface area (Å²) >= 11 is 0. The Hall–Kier alpha value is -1.65. The monoisotopic (exact) mass is 610 g/mol. The molecule has 6 atom stereocenters. The van der Waals surface area contributed by atoms with Crippen LogP contribution in [0.25, 0.3) is 0 Å². The van der Waals surface area contributed by atoms with Gasteiger partial charge >= 0.3 is 12.4 Å². The average Bonchev–Trinajstić information content (AvgIpc) is 3.19. The van der Waals surface area contributed by atoms with Crippen LogP contribution in [-0.2, 0) is 0 Å². The molecule has 3 aliphatic rings. The third kappa shape index (κ3) is 7.70. The van der Waals surface area contributed by atoms with Crippen LogP contribution in [0, 0.1) is 23.2 Å². The van der Waals surface area contributed by atoms with Gasteiger partial charge in [0, 0.05) is 6.42 Å². The quantitative estimate of drug-likeness (QED) is 0.181. The molecule has 3 saturated carbocycles. The molecule has 0 aromatic carbocycles. The van der Waals surface area contributed by atoms with Crippen molar-refractivity contribution in [2.75, 3.05) is 0 Å². The fourth-order valence-electron chi connectivity index (χ4n) is 7.53. The Morgan fingerprint density at radius 1 is 1.05 bits per heavy atom. The lowest BCUT2D eigenvalue weighted by Crippen LogP contribution is -2.55. The van der Waals surface area contributed by atoms with Crippen LogP contribution in [0.2, 0.25) is 0 Å². The zero-order valence-corrected chi connectivity index (χ0v) is 24.7. The maximum atomic E-state index is 14.3. The number of alkyl halides is 7. The Morgan fingerprint density at radius 3 is 2.29 bits per heavy atom. The summed E-state index contributed by atoms with van der Waals surface area (Å²) in [7, 11) is 0. The molecule has 0 saturated heterocycles. The number of rotatable bonds is 9. The van der Waals surface area contributed by atoms with Crippen molar-refractivity contribution in [2.45, 2.75) is 127 Å². The van der Waals surface area contributed by atoms with Crippen molar-refractivity contribution in [3.8, 4) is 0 Å². The van der Waals surface area contributed by atoms with Crippen LogP contribution in [0.1, 0.15) is 91.4 Å². The van der Waals surface area contributed by atoms with Crippen LogP contribution in [0.15, 0.2) is 47.6 Å². The maximum absolute atomic E-state index is 14.3. The molecule has 3 aliphatic carbocycles. The zero-order valence-electron chi connectivity index (χ0n) is 24.7. The highest BCUT2D eigenvalue weighted by molar-refractivity contribution is 5.38. The topological polar surface area (TPSA) is 60.7 Å².